The van der Waals surface area contributed by atoms with Gasteiger partial charge >= 0.3 is 5.69 Å². The molecule has 0 aliphatic heterocycles. The molecule has 5 heteroatoms. The van der Waals surface area contributed by atoms with Gasteiger partial charge in [0.25, 0.3) is 0 Å². The molecule has 0 atom stereocenters. The summed E-state index contributed by atoms with van der Waals surface area (Å²) in [5.74, 6) is 0.696. The highest BCUT2D eigenvalue weighted by atomic mass is 16.1. The first-order valence-corrected chi connectivity index (χ1v) is 4.36. The summed E-state index contributed by atoms with van der Waals surface area (Å²) in [4.78, 5) is 13.3. The topological polar surface area (TPSA) is 73.6 Å². The highest BCUT2D eigenvalue weighted by Gasteiger charge is 2.08. The largest absolute Gasteiger partial charge is 0.340 e. The Morgan fingerprint density at radius 2 is 2.15 bits per heavy atom. The smallest absolute Gasteiger partial charge is 0.312 e. The zero-order valence-corrected chi connectivity index (χ0v) is 8.27. The van der Waals surface area contributed by atoms with E-state index in [0.717, 1.165) is 13.0 Å². The first-order valence-electron chi connectivity index (χ1n) is 4.36. The Morgan fingerprint density at radius 3 is 2.62 bits per heavy atom. The molecule has 5 nitrogen and oxygen atoms in total. The molecule has 13 heavy (non-hydrogen) atoms. The molecular formula is C8H16N4O. The van der Waals surface area contributed by atoms with E-state index in [4.69, 9.17) is 0 Å². The Balaban J connectivity index is 2.32. The van der Waals surface area contributed by atoms with E-state index in [-0.39, 0.29) is 11.2 Å². The average Bonchev–Trinajstić information content (AvgIpc) is 2.33. The number of hydrogen-bond donors (Lipinski definition) is 3. The Morgan fingerprint density at radius 1 is 1.46 bits per heavy atom. The number of nitrogens with one attached hydrogen (secondary N) is 3. The van der Waals surface area contributed by atoms with Gasteiger partial charge in [0.2, 0.25) is 0 Å². The summed E-state index contributed by atoms with van der Waals surface area (Å²) in [6.07, 6.45) is 0.732. The molecule has 0 bridgehead atoms. The van der Waals surface area contributed by atoms with E-state index >= 15 is 0 Å². The summed E-state index contributed by atoms with van der Waals surface area (Å²) in [5.41, 5.74) is -0.137. The van der Waals surface area contributed by atoms with E-state index in [1.165, 1.54) is 0 Å². The maximum atomic E-state index is 10.7. The molecule has 0 aliphatic carbocycles. The predicted molar refractivity (Wildman–Crippen MR) is 50.7 cm³/mol. The Labute approximate surface area is 76.9 Å². The fourth-order valence-electron chi connectivity index (χ4n) is 0.980. The average molecular weight is 184 g/mol. The number of hydrogen-bond acceptors (Lipinski definition) is 3. The first kappa shape index (κ1) is 9.98. The second-order valence-electron chi connectivity index (χ2n) is 4.05. The lowest BCUT2D eigenvalue weighted by molar-refractivity contribution is 0.427. The molecule has 1 rings (SSSR count). The summed E-state index contributed by atoms with van der Waals surface area (Å²) in [6, 6.07) is 0. The van der Waals surface area contributed by atoms with Crippen LogP contribution in [-0.4, -0.2) is 27.3 Å². The van der Waals surface area contributed by atoms with Crippen LogP contribution in [-0.2, 0) is 6.42 Å². The molecule has 1 aromatic heterocycles. The zero-order chi connectivity index (χ0) is 9.90. The molecule has 0 aliphatic rings. The lowest BCUT2D eigenvalue weighted by Gasteiger charge is -2.19. The van der Waals surface area contributed by atoms with Crippen molar-refractivity contribution in [3.05, 3.63) is 16.3 Å². The number of aromatic amines is 2. The van der Waals surface area contributed by atoms with Crippen molar-refractivity contribution in [3.63, 3.8) is 0 Å². The molecular weight excluding hydrogens is 168 g/mol. The third-order valence-corrected chi connectivity index (χ3v) is 1.57. The van der Waals surface area contributed by atoms with Gasteiger partial charge in [-0.15, -0.1) is 0 Å². The number of rotatable bonds is 3. The summed E-state index contributed by atoms with van der Waals surface area (Å²) in [6.45, 7) is 7.10. The van der Waals surface area contributed by atoms with Gasteiger partial charge < -0.3 is 5.32 Å². The minimum atomic E-state index is -0.245. The van der Waals surface area contributed by atoms with E-state index in [0.29, 0.717) is 5.82 Å². The molecule has 0 fully saturated rings. The lowest BCUT2D eigenvalue weighted by Crippen LogP contribution is -2.37. The van der Waals surface area contributed by atoms with Gasteiger partial charge in [-0.2, -0.15) is 5.10 Å². The van der Waals surface area contributed by atoms with Crippen LogP contribution in [0.5, 0.6) is 0 Å². The van der Waals surface area contributed by atoms with Gasteiger partial charge in [0.05, 0.1) is 0 Å². The molecule has 1 aromatic rings. The van der Waals surface area contributed by atoms with Crippen molar-refractivity contribution in [2.24, 2.45) is 0 Å². The maximum Gasteiger partial charge on any atom is 0.340 e. The Bertz CT molecular complexity index is 306. The van der Waals surface area contributed by atoms with Crippen LogP contribution in [0.15, 0.2) is 4.79 Å². The van der Waals surface area contributed by atoms with E-state index < -0.39 is 0 Å². The van der Waals surface area contributed by atoms with Gasteiger partial charge in [-0.25, -0.2) is 9.89 Å². The molecule has 0 radical (unpaired) electrons. The van der Waals surface area contributed by atoms with E-state index in [9.17, 15) is 4.79 Å². The molecule has 0 aromatic carbocycles. The summed E-state index contributed by atoms with van der Waals surface area (Å²) in [5, 5.41) is 9.43. The van der Waals surface area contributed by atoms with E-state index in [1.807, 2.05) is 0 Å². The van der Waals surface area contributed by atoms with Gasteiger partial charge in [-0.05, 0) is 20.8 Å². The van der Waals surface area contributed by atoms with E-state index in [2.05, 4.69) is 41.3 Å². The van der Waals surface area contributed by atoms with Gasteiger partial charge in [0.1, 0.15) is 5.82 Å². The summed E-state index contributed by atoms with van der Waals surface area (Å²) < 4.78 is 0. The van der Waals surface area contributed by atoms with Crippen LogP contribution >= 0.6 is 0 Å². The number of nitrogens with zero attached hydrogens (tertiary/aromatic N) is 1. The highest BCUT2D eigenvalue weighted by Crippen LogP contribution is 1.97. The van der Waals surface area contributed by atoms with Gasteiger partial charge in [-0.1, -0.05) is 0 Å². The van der Waals surface area contributed by atoms with Crippen molar-refractivity contribution in [3.8, 4) is 0 Å². The van der Waals surface area contributed by atoms with Crippen LogP contribution in [0.3, 0.4) is 0 Å². The molecule has 0 saturated carbocycles. The SMILES string of the molecule is CC(C)(C)NCCc1n[nH]c(=O)[nH]1. The van der Waals surface area contributed by atoms with Crippen molar-refractivity contribution in [2.45, 2.75) is 32.7 Å². The van der Waals surface area contributed by atoms with Gasteiger partial charge in [0, 0.05) is 18.5 Å². The zero-order valence-electron chi connectivity index (χ0n) is 8.27. The third kappa shape index (κ3) is 3.89. The van der Waals surface area contributed by atoms with Gasteiger partial charge in [0.15, 0.2) is 0 Å². The maximum absolute atomic E-state index is 10.7. The molecule has 3 N–H and O–H groups in total. The quantitative estimate of drug-likeness (QED) is 0.620. The third-order valence-electron chi connectivity index (χ3n) is 1.57. The second kappa shape index (κ2) is 3.74. The molecule has 0 amide bonds. The van der Waals surface area contributed by atoms with Crippen LogP contribution in [0.4, 0.5) is 0 Å². The van der Waals surface area contributed by atoms with Gasteiger partial charge in [-0.3, -0.25) is 4.98 Å². The number of H-pyrrole nitrogens is 2. The lowest BCUT2D eigenvalue weighted by atomic mass is 10.1. The van der Waals surface area contributed by atoms with Crippen LogP contribution in [0.2, 0.25) is 0 Å². The molecule has 74 valence electrons. The minimum absolute atomic E-state index is 0.108. The summed E-state index contributed by atoms with van der Waals surface area (Å²) in [7, 11) is 0. The fraction of sp³-hybridized carbons (Fsp3) is 0.750. The second-order valence-corrected chi connectivity index (χ2v) is 4.05. The molecule has 1 heterocycles. The van der Waals surface area contributed by atoms with Crippen molar-refractivity contribution in [1.29, 1.82) is 0 Å². The normalized spacial score (nSPS) is 11.9. The monoisotopic (exact) mass is 184 g/mol. The van der Waals surface area contributed by atoms with Crippen molar-refractivity contribution >= 4 is 0 Å². The van der Waals surface area contributed by atoms with Crippen molar-refractivity contribution < 1.29 is 0 Å². The van der Waals surface area contributed by atoms with Crippen LogP contribution in [0.25, 0.3) is 0 Å². The van der Waals surface area contributed by atoms with Crippen LogP contribution in [0.1, 0.15) is 26.6 Å². The van der Waals surface area contributed by atoms with E-state index in [1.54, 1.807) is 0 Å². The molecule has 0 spiro atoms. The highest BCUT2D eigenvalue weighted by molar-refractivity contribution is 4.82. The first-order chi connectivity index (χ1) is 5.97. The predicted octanol–water partition coefficient (Wildman–Crippen LogP) is 0.0286. The number of aromatic nitrogens is 3. The fourth-order valence-corrected chi connectivity index (χ4v) is 0.980. The van der Waals surface area contributed by atoms with Crippen molar-refractivity contribution in [1.82, 2.24) is 20.5 Å². The van der Waals surface area contributed by atoms with Crippen molar-refractivity contribution in [2.75, 3.05) is 6.54 Å². The summed E-state index contributed by atoms with van der Waals surface area (Å²) >= 11 is 0. The molecule has 0 saturated heterocycles. The minimum Gasteiger partial charge on any atom is -0.312 e. The Hall–Kier alpha value is -1.10. The van der Waals surface area contributed by atoms with Crippen LogP contribution < -0.4 is 11.0 Å². The standard InChI is InChI=1S/C8H16N4O/c1-8(2,3)9-5-4-6-10-7(13)12-11-6/h9H,4-5H2,1-3H3,(H2,10,11,12,13). The van der Waals surface area contributed by atoms with Crippen LogP contribution in [0, 0.1) is 0 Å². The Kier molecular flexibility index (Phi) is 2.87. The molecule has 0 unspecified atom stereocenters.